The summed E-state index contributed by atoms with van der Waals surface area (Å²) in [7, 11) is 2.02. The number of aryl methyl sites for hydroxylation is 1. The summed E-state index contributed by atoms with van der Waals surface area (Å²) in [6.07, 6.45) is 3.93. The summed E-state index contributed by atoms with van der Waals surface area (Å²) in [4.78, 5) is 2.11. The predicted molar refractivity (Wildman–Crippen MR) is 77.5 cm³/mol. The second-order valence-electron chi connectivity index (χ2n) is 4.52. The van der Waals surface area contributed by atoms with Gasteiger partial charge in [0.25, 0.3) is 0 Å². The van der Waals surface area contributed by atoms with Crippen LogP contribution < -0.4 is 10.6 Å². The van der Waals surface area contributed by atoms with E-state index in [0.29, 0.717) is 0 Å². The van der Waals surface area contributed by atoms with Crippen molar-refractivity contribution in [1.82, 2.24) is 9.78 Å². The number of anilines is 1. The lowest BCUT2D eigenvalue weighted by molar-refractivity contribution is 0.659. The lowest BCUT2D eigenvalue weighted by Gasteiger charge is -2.19. The maximum absolute atomic E-state index is 7.47. The van der Waals surface area contributed by atoms with Crippen LogP contribution in [0.3, 0.4) is 0 Å². The van der Waals surface area contributed by atoms with Gasteiger partial charge in [-0.2, -0.15) is 5.10 Å². The van der Waals surface area contributed by atoms with E-state index in [1.165, 1.54) is 0 Å². The monoisotopic (exact) mass is 257 g/mol. The zero-order valence-corrected chi connectivity index (χ0v) is 11.3. The van der Waals surface area contributed by atoms with Crippen molar-refractivity contribution in [2.24, 2.45) is 5.73 Å². The second kappa shape index (κ2) is 5.56. The summed E-state index contributed by atoms with van der Waals surface area (Å²) in [5.41, 5.74) is 8.46. The summed E-state index contributed by atoms with van der Waals surface area (Å²) in [6.45, 7) is 3.72. The van der Waals surface area contributed by atoms with Crippen LogP contribution in [0.25, 0.3) is 0 Å². The van der Waals surface area contributed by atoms with Gasteiger partial charge >= 0.3 is 0 Å². The standard InChI is InChI=1S/C14H19N5/c1-3-19-10-11(8-17-19)9-18(2)13-6-4-5-12(7-13)14(15)16/h4-8,10H,3,9H2,1-2H3,(H3,15,16). The van der Waals surface area contributed by atoms with E-state index >= 15 is 0 Å². The molecule has 1 aromatic heterocycles. The number of benzene rings is 1. The fraction of sp³-hybridized carbons (Fsp3) is 0.286. The Balaban J connectivity index is 2.12. The second-order valence-corrected chi connectivity index (χ2v) is 4.52. The number of hydrogen-bond donors (Lipinski definition) is 2. The average Bonchev–Trinajstić information content (AvgIpc) is 2.86. The van der Waals surface area contributed by atoms with Crippen molar-refractivity contribution in [2.45, 2.75) is 20.0 Å². The summed E-state index contributed by atoms with van der Waals surface area (Å²) in [5.74, 6) is 0.0917. The van der Waals surface area contributed by atoms with E-state index in [1.54, 1.807) is 0 Å². The van der Waals surface area contributed by atoms with Crippen molar-refractivity contribution in [3.05, 3.63) is 47.8 Å². The highest BCUT2D eigenvalue weighted by Crippen LogP contribution is 2.17. The van der Waals surface area contributed by atoms with Crippen LogP contribution in [-0.4, -0.2) is 22.7 Å². The zero-order chi connectivity index (χ0) is 13.8. The lowest BCUT2D eigenvalue weighted by Crippen LogP contribution is -2.17. The van der Waals surface area contributed by atoms with Gasteiger partial charge in [0.1, 0.15) is 5.84 Å². The van der Waals surface area contributed by atoms with Crippen LogP contribution in [0.4, 0.5) is 5.69 Å². The van der Waals surface area contributed by atoms with Crippen LogP contribution >= 0.6 is 0 Å². The van der Waals surface area contributed by atoms with Crippen LogP contribution in [0.5, 0.6) is 0 Å². The molecule has 100 valence electrons. The number of hydrogen-bond acceptors (Lipinski definition) is 3. The van der Waals surface area contributed by atoms with E-state index < -0.39 is 0 Å². The number of aromatic nitrogens is 2. The molecule has 0 aliphatic rings. The van der Waals surface area contributed by atoms with Crippen LogP contribution in [0.2, 0.25) is 0 Å². The normalized spacial score (nSPS) is 10.4. The number of nitrogens with two attached hydrogens (primary N) is 1. The molecule has 0 atom stereocenters. The number of nitrogens with one attached hydrogen (secondary N) is 1. The van der Waals surface area contributed by atoms with Gasteiger partial charge in [-0.05, 0) is 19.1 Å². The van der Waals surface area contributed by atoms with E-state index in [4.69, 9.17) is 11.1 Å². The number of nitrogen functional groups attached to an aromatic ring is 1. The highest BCUT2D eigenvalue weighted by atomic mass is 15.3. The van der Waals surface area contributed by atoms with E-state index in [-0.39, 0.29) is 5.84 Å². The molecule has 2 rings (SSSR count). The summed E-state index contributed by atoms with van der Waals surface area (Å²) < 4.78 is 1.91. The van der Waals surface area contributed by atoms with Crippen molar-refractivity contribution >= 4 is 11.5 Å². The smallest absolute Gasteiger partial charge is 0.122 e. The Hall–Kier alpha value is -2.30. The predicted octanol–water partition coefficient (Wildman–Crippen LogP) is 1.82. The van der Waals surface area contributed by atoms with Gasteiger partial charge in [0.05, 0.1) is 6.20 Å². The molecule has 0 bridgehead atoms. The number of nitrogens with zero attached hydrogens (tertiary/aromatic N) is 3. The van der Waals surface area contributed by atoms with Gasteiger partial charge in [0.2, 0.25) is 0 Å². The van der Waals surface area contributed by atoms with E-state index in [2.05, 4.69) is 16.9 Å². The van der Waals surface area contributed by atoms with Crippen LogP contribution in [0.1, 0.15) is 18.1 Å². The van der Waals surface area contributed by atoms with Gasteiger partial charge in [0, 0.05) is 43.1 Å². The molecule has 1 heterocycles. The average molecular weight is 257 g/mol. The third kappa shape index (κ3) is 3.13. The van der Waals surface area contributed by atoms with Gasteiger partial charge in [-0.15, -0.1) is 0 Å². The lowest BCUT2D eigenvalue weighted by atomic mass is 10.1. The van der Waals surface area contributed by atoms with Crippen molar-refractivity contribution in [3.63, 3.8) is 0 Å². The van der Waals surface area contributed by atoms with Crippen LogP contribution in [0.15, 0.2) is 36.7 Å². The van der Waals surface area contributed by atoms with Crippen molar-refractivity contribution in [3.8, 4) is 0 Å². The maximum atomic E-state index is 7.47. The topological polar surface area (TPSA) is 70.9 Å². The van der Waals surface area contributed by atoms with Gasteiger partial charge in [0.15, 0.2) is 0 Å². The molecule has 5 nitrogen and oxygen atoms in total. The minimum atomic E-state index is 0.0917. The minimum absolute atomic E-state index is 0.0917. The summed E-state index contributed by atoms with van der Waals surface area (Å²) in [5, 5.41) is 11.7. The molecule has 0 saturated heterocycles. The third-order valence-electron chi connectivity index (χ3n) is 3.03. The first kappa shape index (κ1) is 13.1. The Bertz CT molecular complexity index is 573. The molecule has 1 aromatic carbocycles. The Morgan fingerprint density at radius 1 is 1.47 bits per heavy atom. The Morgan fingerprint density at radius 2 is 2.26 bits per heavy atom. The first-order valence-electron chi connectivity index (χ1n) is 6.27. The molecule has 2 aromatic rings. The zero-order valence-electron chi connectivity index (χ0n) is 11.3. The van der Waals surface area contributed by atoms with Crippen molar-refractivity contribution in [2.75, 3.05) is 11.9 Å². The summed E-state index contributed by atoms with van der Waals surface area (Å²) in [6, 6.07) is 7.69. The molecule has 0 spiro atoms. The Kier molecular flexibility index (Phi) is 3.85. The minimum Gasteiger partial charge on any atom is -0.384 e. The van der Waals surface area contributed by atoms with Gasteiger partial charge in [-0.25, -0.2) is 0 Å². The molecule has 0 saturated carbocycles. The quantitative estimate of drug-likeness (QED) is 0.634. The molecule has 3 N–H and O–H groups in total. The first-order chi connectivity index (χ1) is 9.10. The van der Waals surface area contributed by atoms with Crippen molar-refractivity contribution in [1.29, 1.82) is 5.41 Å². The first-order valence-corrected chi connectivity index (χ1v) is 6.27. The molecule has 0 radical (unpaired) electrons. The van der Waals surface area contributed by atoms with Gasteiger partial charge in [-0.3, -0.25) is 10.1 Å². The molecule has 0 unspecified atom stereocenters. The highest BCUT2D eigenvalue weighted by molar-refractivity contribution is 5.95. The fourth-order valence-corrected chi connectivity index (χ4v) is 1.94. The van der Waals surface area contributed by atoms with Crippen LogP contribution in [-0.2, 0) is 13.1 Å². The molecular weight excluding hydrogens is 238 g/mol. The number of amidine groups is 1. The molecule has 19 heavy (non-hydrogen) atoms. The van der Waals surface area contributed by atoms with Crippen LogP contribution in [0, 0.1) is 5.41 Å². The molecular formula is C14H19N5. The van der Waals surface area contributed by atoms with Crippen molar-refractivity contribution < 1.29 is 0 Å². The molecule has 0 aliphatic carbocycles. The third-order valence-corrected chi connectivity index (χ3v) is 3.03. The Morgan fingerprint density at radius 3 is 2.89 bits per heavy atom. The van der Waals surface area contributed by atoms with Gasteiger partial charge in [-0.1, -0.05) is 12.1 Å². The largest absolute Gasteiger partial charge is 0.384 e. The van der Waals surface area contributed by atoms with E-state index in [1.807, 2.05) is 48.4 Å². The molecule has 5 heteroatoms. The summed E-state index contributed by atoms with van der Waals surface area (Å²) >= 11 is 0. The SMILES string of the molecule is CCn1cc(CN(C)c2cccc(C(=N)N)c2)cn1. The molecule has 0 aliphatic heterocycles. The molecule has 0 amide bonds. The van der Waals surface area contributed by atoms with E-state index in [0.717, 1.165) is 29.9 Å². The molecule has 0 fully saturated rings. The fourth-order valence-electron chi connectivity index (χ4n) is 1.94. The van der Waals surface area contributed by atoms with Gasteiger partial charge < -0.3 is 10.6 Å². The highest BCUT2D eigenvalue weighted by Gasteiger charge is 2.06. The maximum Gasteiger partial charge on any atom is 0.122 e. The number of rotatable bonds is 5. The van der Waals surface area contributed by atoms with E-state index in [9.17, 15) is 0 Å². The Labute approximate surface area is 113 Å².